The number of aromatic hydroxyl groups is 1. The second kappa shape index (κ2) is 37.4. The third-order valence-electron chi connectivity index (χ3n) is 17.4. The lowest BCUT2D eigenvalue weighted by Crippen LogP contribution is -2.62. The van der Waals surface area contributed by atoms with E-state index in [2.05, 4.69) is 42.5 Å². The van der Waals surface area contributed by atoms with E-state index in [4.69, 9.17) is 5.73 Å². The Bertz CT molecular complexity index is 3130. The molecule has 0 bridgehead atoms. The molecular formula is C68H92N10O14S2. The first kappa shape index (κ1) is 73.8. The number of phenolic OH excluding ortho intramolecular Hbond substituents is 1. The van der Waals surface area contributed by atoms with Gasteiger partial charge < -0.3 is 63.6 Å². The van der Waals surface area contributed by atoms with E-state index in [-0.39, 0.29) is 93.1 Å². The monoisotopic (exact) mass is 1340 g/mol. The van der Waals surface area contributed by atoms with Gasteiger partial charge in [0.2, 0.25) is 47.3 Å². The lowest BCUT2D eigenvalue weighted by atomic mass is 9.90. The molecule has 3 aromatic rings. The van der Waals surface area contributed by atoms with Gasteiger partial charge >= 0.3 is 6.03 Å². The van der Waals surface area contributed by atoms with E-state index < -0.39 is 120 Å². The van der Waals surface area contributed by atoms with Crippen LogP contribution in [0.3, 0.4) is 0 Å². The second-order valence-corrected chi connectivity index (χ2v) is 27.4. The summed E-state index contributed by atoms with van der Waals surface area (Å²) in [7, 11) is 1.98. The molecule has 10 atom stereocenters. The minimum Gasteiger partial charge on any atom is -0.508 e. The molecule has 2 saturated heterocycles. The van der Waals surface area contributed by atoms with Gasteiger partial charge in [0.1, 0.15) is 42.0 Å². The molecule has 3 fully saturated rings. The average molecular weight is 1340 g/mol. The van der Waals surface area contributed by atoms with Crippen molar-refractivity contribution in [3.8, 4) is 5.75 Å². The fourth-order valence-electron chi connectivity index (χ4n) is 12.0. The zero-order chi connectivity index (χ0) is 67.7. The highest BCUT2D eigenvalue weighted by Crippen LogP contribution is 2.32. The number of allylic oxidation sites excluding steroid dienone is 1. The van der Waals surface area contributed by atoms with E-state index in [1.165, 1.54) is 30.9 Å². The Morgan fingerprint density at radius 1 is 0.681 bits per heavy atom. The van der Waals surface area contributed by atoms with Crippen molar-refractivity contribution in [2.24, 2.45) is 11.7 Å². The number of likely N-dealkylation sites (tertiary alicyclic amines) is 1. The molecule has 7 rings (SSSR count). The van der Waals surface area contributed by atoms with Crippen LogP contribution in [-0.2, 0) is 67.2 Å². The van der Waals surface area contributed by atoms with Crippen LogP contribution in [0.15, 0.2) is 84.9 Å². The van der Waals surface area contributed by atoms with E-state index in [1.54, 1.807) is 42.5 Å². The quantitative estimate of drug-likeness (QED) is 0.0310. The van der Waals surface area contributed by atoms with Crippen LogP contribution in [0.2, 0.25) is 0 Å². The molecule has 2 aliphatic heterocycles. The van der Waals surface area contributed by atoms with Crippen molar-refractivity contribution >= 4 is 92.0 Å². The number of nitrogens with one attached hydrogen (secondary N) is 8. The Morgan fingerprint density at radius 3 is 2.05 bits per heavy atom. The molecule has 4 aliphatic rings. The normalized spacial score (nSPS) is 22.6. The van der Waals surface area contributed by atoms with Crippen LogP contribution in [0.25, 0.3) is 5.57 Å². The summed E-state index contributed by atoms with van der Waals surface area (Å²) in [5.41, 5.74) is 9.65. The molecule has 1 saturated carbocycles. The first-order valence-electron chi connectivity index (χ1n) is 32.9. The summed E-state index contributed by atoms with van der Waals surface area (Å²) in [6, 6.07) is 11.7. The maximum absolute atomic E-state index is 15.3. The number of carbonyl (C=O) groups is 11. The van der Waals surface area contributed by atoms with E-state index in [0.29, 0.717) is 56.1 Å². The number of imide groups is 1. The van der Waals surface area contributed by atoms with Crippen LogP contribution in [0, 0.1) is 5.92 Å². The SMILES string of the molecule is C[C@@H](O)[C@H](NC(=O)[C@@H]1CSSC[C@H](NC(=O)[C@@H](Cc2ccccc2)NC(=O)NC2CCCCC2)C(=O)C[C@@H](Cc2ccc(O)cc2)C(=O)N[C@H](CC2=CCc3ccccc32)C(=O)N[C@@H](CCCCN)C(=O)N[C@@H]([C@@H](C)O)C(=O)N1)C(=O)CCCCCCN1C(=O)CCC1=O. The van der Waals surface area contributed by atoms with Gasteiger partial charge in [-0.25, -0.2) is 4.79 Å². The Labute approximate surface area is 556 Å². The van der Waals surface area contributed by atoms with Gasteiger partial charge in [-0.3, -0.25) is 52.8 Å². The molecule has 24 nitrogen and oxygen atoms in total. The van der Waals surface area contributed by atoms with Crippen molar-refractivity contribution in [1.29, 1.82) is 0 Å². The molecule has 0 unspecified atom stereocenters. The first-order valence-corrected chi connectivity index (χ1v) is 35.3. The maximum atomic E-state index is 15.3. The second-order valence-electron chi connectivity index (χ2n) is 24.8. The highest BCUT2D eigenvalue weighted by atomic mass is 33.1. The number of rotatable bonds is 26. The smallest absolute Gasteiger partial charge is 0.315 e. The number of urea groups is 1. The van der Waals surface area contributed by atoms with Gasteiger partial charge in [-0.1, -0.05) is 126 Å². The van der Waals surface area contributed by atoms with Gasteiger partial charge in [0.15, 0.2) is 11.6 Å². The summed E-state index contributed by atoms with van der Waals surface area (Å²) in [4.78, 5) is 157. The Kier molecular flexibility index (Phi) is 29.4. The summed E-state index contributed by atoms with van der Waals surface area (Å²) in [5.74, 6) is -8.60. The number of nitrogens with two attached hydrogens (primary N) is 1. The van der Waals surface area contributed by atoms with Crippen molar-refractivity contribution in [3.63, 3.8) is 0 Å². The predicted molar refractivity (Wildman–Crippen MR) is 357 cm³/mol. The molecule has 2 aliphatic carbocycles. The maximum Gasteiger partial charge on any atom is 0.315 e. The van der Waals surface area contributed by atoms with Crippen molar-refractivity contribution in [2.45, 2.75) is 203 Å². The first-order chi connectivity index (χ1) is 45.2. The number of nitrogens with zero attached hydrogens (tertiary/aromatic N) is 1. The number of amides is 10. The van der Waals surface area contributed by atoms with E-state index >= 15 is 14.4 Å². The van der Waals surface area contributed by atoms with Crippen molar-refractivity contribution in [1.82, 2.24) is 47.4 Å². The lowest BCUT2D eigenvalue weighted by Gasteiger charge is -2.29. The molecule has 94 heavy (non-hydrogen) atoms. The van der Waals surface area contributed by atoms with E-state index in [0.717, 1.165) is 70.4 Å². The number of hydrogen-bond donors (Lipinski definition) is 12. The number of Topliss-reactive ketones (excluding diaryl/α,β-unsaturated/α-hetero) is 2. The minimum absolute atomic E-state index is 0.0125. The van der Waals surface area contributed by atoms with Gasteiger partial charge in [0, 0.05) is 68.5 Å². The standard InChI is InChI=1S/C68H92N10O14S2/c1-41(79)60(56(82)24-11-3-4-16-34-78-58(84)31-32-59(78)85)76-66(90)55-40-94-93-39-54(73-64(88)52(36-43-17-7-5-8-18-43)75-68(92)70-48-20-9-6-10-21-48)57(83)38-47(35-44-25-29-49(81)30-26-44)62(86)72-53(37-46-28-27-45-19-12-13-22-50(45)46)65(89)71-51(23-14-15-33-69)63(87)77-61(42(2)80)67(91)74-55/h5,7-8,12-13,17-19,22,25-26,28-30,41-42,47-48,51-55,60-61,79-81H,3-4,6,9-11,14-16,20-21,23-24,27,31-40,69H2,1-2H3,(H,71,89)(H,72,86)(H,73,88)(H,74,91)(H,76,90)(H,77,87)(H2,70,75,92)/t41-,42-,47-,51+,52-,53-,54+,55+,60+,61+/m1/s1. The Hall–Kier alpha value is -7.65. The van der Waals surface area contributed by atoms with Crippen molar-refractivity contribution in [2.75, 3.05) is 24.6 Å². The van der Waals surface area contributed by atoms with Crippen LogP contribution in [0.1, 0.15) is 145 Å². The highest BCUT2D eigenvalue weighted by molar-refractivity contribution is 8.76. The number of aliphatic hydroxyl groups excluding tert-OH is 2. The number of unbranched alkanes of at least 4 members (excludes halogenated alkanes) is 4. The fourth-order valence-corrected chi connectivity index (χ4v) is 14.4. The van der Waals surface area contributed by atoms with Crippen LogP contribution in [0.4, 0.5) is 4.79 Å². The van der Waals surface area contributed by atoms with Crippen LogP contribution in [0.5, 0.6) is 5.75 Å². The highest BCUT2D eigenvalue weighted by Gasteiger charge is 2.38. The molecule has 13 N–H and O–H groups in total. The van der Waals surface area contributed by atoms with Crippen LogP contribution >= 0.6 is 21.6 Å². The third-order valence-corrected chi connectivity index (χ3v) is 19.9. The van der Waals surface area contributed by atoms with E-state index in [1.807, 2.05) is 30.3 Å². The Balaban J connectivity index is 1.22. The molecule has 26 heteroatoms. The number of ketones is 2. The van der Waals surface area contributed by atoms with Gasteiger partial charge in [-0.15, -0.1) is 0 Å². The third kappa shape index (κ3) is 22.8. The van der Waals surface area contributed by atoms with Crippen molar-refractivity contribution in [3.05, 3.63) is 107 Å². The molecule has 0 radical (unpaired) electrons. The summed E-state index contributed by atoms with van der Waals surface area (Å²) in [5, 5.41) is 54.7. The number of benzene rings is 3. The topological polar surface area (TPSA) is 374 Å². The molecular weight excluding hydrogens is 1240 g/mol. The minimum atomic E-state index is -1.76. The van der Waals surface area contributed by atoms with Gasteiger partial charge in [0.05, 0.1) is 18.2 Å². The van der Waals surface area contributed by atoms with Gasteiger partial charge in [-0.2, -0.15) is 0 Å². The number of fused-ring (bicyclic) bond motifs is 1. The Morgan fingerprint density at radius 2 is 1.35 bits per heavy atom. The number of phenols is 1. The zero-order valence-corrected chi connectivity index (χ0v) is 55.2. The van der Waals surface area contributed by atoms with Gasteiger partial charge in [-0.05, 0) is 118 Å². The van der Waals surface area contributed by atoms with Crippen LogP contribution in [-0.4, -0.2) is 170 Å². The summed E-state index contributed by atoms with van der Waals surface area (Å²) < 4.78 is 0. The predicted octanol–water partition coefficient (Wildman–Crippen LogP) is 3.65. The van der Waals surface area contributed by atoms with Gasteiger partial charge in [0.25, 0.3) is 0 Å². The molecule has 0 aromatic heterocycles. The van der Waals surface area contributed by atoms with Crippen molar-refractivity contribution < 1.29 is 68.1 Å². The average Bonchev–Trinajstić information content (AvgIpc) is 1.72. The molecule has 2 heterocycles. The van der Waals surface area contributed by atoms with E-state index in [9.17, 15) is 53.7 Å². The summed E-state index contributed by atoms with van der Waals surface area (Å²) in [6.07, 6.45) is 6.18. The molecule has 3 aromatic carbocycles. The lowest BCUT2D eigenvalue weighted by molar-refractivity contribution is -0.138. The molecule has 0 spiro atoms. The largest absolute Gasteiger partial charge is 0.508 e. The molecule has 510 valence electrons. The summed E-state index contributed by atoms with van der Waals surface area (Å²) >= 11 is 0. The number of hydrogen-bond acceptors (Lipinski definition) is 17. The zero-order valence-electron chi connectivity index (χ0n) is 53.6. The summed E-state index contributed by atoms with van der Waals surface area (Å²) in [6.45, 7) is 3.05. The number of aliphatic hydroxyl groups is 2. The van der Waals surface area contributed by atoms with Crippen LogP contribution < -0.4 is 48.3 Å². The molecule has 10 amide bonds. The fraction of sp³-hybridized carbons (Fsp3) is 0.544. The number of carbonyl (C=O) groups excluding carboxylic acids is 11.